The van der Waals surface area contributed by atoms with E-state index in [0.717, 1.165) is 37.2 Å². The van der Waals surface area contributed by atoms with Crippen molar-refractivity contribution in [3.8, 4) is 11.1 Å². The van der Waals surface area contributed by atoms with Gasteiger partial charge in [0.1, 0.15) is 0 Å². The smallest absolute Gasteiger partial charge is 0.0410 e. The molecule has 0 amide bonds. The molecule has 0 atom stereocenters. The van der Waals surface area contributed by atoms with Gasteiger partial charge < -0.3 is 10.6 Å². The second-order valence-corrected chi connectivity index (χ2v) is 6.18. The molecule has 2 aromatic rings. The van der Waals surface area contributed by atoms with Gasteiger partial charge in [-0.1, -0.05) is 42.5 Å². The van der Waals surface area contributed by atoms with E-state index in [-0.39, 0.29) is 0 Å². The highest BCUT2D eigenvalue weighted by molar-refractivity contribution is 5.75. The van der Waals surface area contributed by atoms with Crippen LogP contribution in [0.25, 0.3) is 11.1 Å². The van der Waals surface area contributed by atoms with E-state index in [4.69, 9.17) is 5.73 Å². The van der Waals surface area contributed by atoms with Crippen molar-refractivity contribution in [2.75, 3.05) is 23.7 Å². The predicted molar refractivity (Wildman–Crippen MR) is 117 cm³/mol. The molecule has 0 aromatic heterocycles. The van der Waals surface area contributed by atoms with E-state index in [9.17, 15) is 0 Å². The van der Waals surface area contributed by atoms with Gasteiger partial charge in [-0.25, -0.2) is 0 Å². The molecule has 0 unspecified atom stereocenters. The molecule has 0 bridgehead atoms. The van der Waals surface area contributed by atoms with Gasteiger partial charge in [0.2, 0.25) is 0 Å². The number of hydrogen-bond acceptors (Lipinski definition) is 2. The minimum Gasteiger partial charge on any atom is -0.399 e. The van der Waals surface area contributed by atoms with E-state index in [0.29, 0.717) is 0 Å². The fourth-order valence-corrected chi connectivity index (χ4v) is 3.24. The maximum absolute atomic E-state index is 5.85. The van der Waals surface area contributed by atoms with Crippen molar-refractivity contribution in [1.82, 2.24) is 0 Å². The first kappa shape index (κ1) is 19.3. The van der Waals surface area contributed by atoms with Crippen LogP contribution in [-0.4, -0.2) is 13.1 Å². The number of rotatable bonds is 10. The van der Waals surface area contributed by atoms with Gasteiger partial charge in [-0.2, -0.15) is 0 Å². The van der Waals surface area contributed by atoms with Gasteiger partial charge in [-0.15, -0.1) is 26.3 Å². The average Bonchev–Trinajstić information content (AvgIpc) is 2.64. The molecule has 0 fully saturated rings. The Bertz CT molecular complexity index is 775. The summed E-state index contributed by atoms with van der Waals surface area (Å²) >= 11 is 0. The van der Waals surface area contributed by atoms with Crippen molar-refractivity contribution in [3.63, 3.8) is 0 Å². The number of nitrogens with two attached hydrogens (primary N) is 1. The Hall–Kier alpha value is -3.00. The average molecular weight is 345 g/mol. The van der Waals surface area contributed by atoms with Gasteiger partial charge in [0.05, 0.1) is 0 Å². The Morgan fingerprint density at radius 1 is 0.731 bits per heavy atom. The van der Waals surface area contributed by atoms with Crippen LogP contribution >= 0.6 is 0 Å². The zero-order valence-corrected chi connectivity index (χ0v) is 15.5. The van der Waals surface area contributed by atoms with Crippen molar-refractivity contribution in [1.29, 1.82) is 0 Å². The molecule has 2 N–H and O–H groups in total. The molecule has 0 aliphatic rings. The molecular weight excluding hydrogens is 316 g/mol. The Morgan fingerprint density at radius 3 is 1.85 bits per heavy atom. The fraction of sp³-hybridized carbons (Fsp3) is 0.167. The van der Waals surface area contributed by atoms with Crippen LogP contribution in [0.5, 0.6) is 0 Å². The lowest BCUT2D eigenvalue weighted by atomic mass is 9.90. The van der Waals surface area contributed by atoms with Gasteiger partial charge >= 0.3 is 0 Å². The number of allylic oxidation sites excluding steroid dienone is 2. The Labute approximate surface area is 157 Å². The molecule has 2 aromatic carbocycles. The normalized spacial score (nSPS) is 10.2. The first-order valence-electron chi connectivity index (χ1n) is 8.85. The van der Waals surface area contributed by atoms with Gasteiger partial charge in [0.25, 0.3) is 0 Å². The molecule has 2 nitrogen and oxygen atoms in total. The van der Waals surface area contributed by atoms with Crippen LogP contribution in [0.4, 0.5) is 11.4 Å². The zero-order valence-electron chi connectivity index (χ0n) is 15.5. The zero-order chi connectivity index (χ0) is 18.9. The summed E-state index contributed by atoms with van der Waals surface area (Å²) < 4.78 is 0. The molecule has 0 aliphatic carbocycles. The fourth-order valence-electron chi connectivity index (χ4n) is 3.24. The third-order valence-corrected chi connectivity index (χ3v) is 4.36. The molecule has 0 radical (unpaired) electrons. The van der Waals surface area contributed by atoms with E-state index in [1.54, 1.807) is 0 Å². The molecule has 2 heteroatoms. The summed E-state index contributed by atoms with van der Waals surface area (Å²) in [5.41, 5.74) is 12.7. The lowest BCUT2D eigenvalue weighted by Crippen LogP contribution is -2.25. The largest absolute Gasteiger partial charge is 0.399 e. The van der Waals surface area contributed by atoms with Gasteiger partial charge in [0, 0.05) is 24.5 Å². The number of hydrogen-bond donors (Lipinski definition) is 1. The number of benzene rings is 2. The SMILES string of the molecule is C=CCc1c(-c2ccc(N)cc2)ccc(N(CC=C)CC=C)c1CC=C. The lowest BCUT2D eigenvalue weighted by molar-refractivity contribution is 0.938. The van der Waals surface area contributed by atoms with Crippen molar-refractivity contribution >= 4 is 11.4 Å². The van der Waals surface area contributed by atoms with Crippen molar-refractivity contribution in [2.45, 2.75) is 12.8 Å². The molecule has 134 valence electrons. The standard InChI is InChI=1S/C24H28N2/c1-5-9-22-21(19-11-13-20(25)14-12-19)15-16-24(23(22)10-6-2)26(17-7-3)18-8-4/h5-8,11-16H,1-4,9-10,17-18,25H2. The van der Waals surface area contributed by atoms with Crippen LogP contribution in [0.3, 0.4) is 0 Å². The van der Waals surface area contributed by atoms with Crippen LogP contribution in [0.1, 0.15) is 11.1 Å². The Balaban J connectivity index is 2.67. The topological polar surface area (TPSA) is 29.3 Å². The molecule has 26 heavy (non-hydrogen) atoms. The number of nitrogen functional groups attached to an aromatic ring is 1. The number of nitrogens with zero attached hydrogens (tertiary/aromatic N) is 1. The molecule has 0 saturated heterocycles. The second-order valence-electron chi connectivity index (χ2n) is 6.18. The minimum absolute atomic E-state index is 0.769. The number of anilines is 2. The highest BCUT2D eigenvalue weighted by atomic mass is 15.1. The van der Waals surface area contributed by atoms with Crippen molar-refractivity contribution < 1.29 is 0 Å². The summed E-state index contributed by atoms with van der Waals surface area (Å²) in [4.78, 5) is 2.28. The van der Waals surface area contributed by atoms with Crippen LogP contribution in [0.15, 0.2) is 87.0 Å². The summed E-state index contributed by atoms with van der Waals surface area (Å²) in [7, 11) is 0. The quantitative estimate of drug-likeness (QED) is 0.451. The second kappa shape index (κ2) is 9.47. The maximum Gasteiger partial charge on any atom is 0.0410 e. The molecule has 2 rings (SSSR count). The maximum atomic E-state index is 5.85. The first-order chi connectivity index (χ1) is 12.7. The summed E-state index contributed by atoms with van der Waals surface area (Å²) in [5, 5.41) is 0. The van der Waals surface area contributed by atoms with Crippen LogP contribution in [-0.2, 0) is 12.8 Å². The summed E-state index contributed by atoms with van der Waals surface area (Å²) in [5.74, 6) is 0. The third-order valence-electron chi connectivity index (χ3n) is 4.36. The highest BCUT2D eigenvalue weighted by Crippen LogP contribution is 2.34. The van der Waals surface area contributed by atoms with Gasteiger partial charge in [0.15, 0.2) is 0 Å². The van der Waals surface area contributed by atoms with Crippen LogP contribution < -0.4 is 10.6 Å². The van der Waals surface area contributed by atoms with E-state index in [1.165, 1.54) is 22.4 Å². The monoisotopic (exact) mass is 344 g/mol. The first-order valence-corrected chi connectivity index (χ1v) is 8.85. The van der Waals surface area contributed by atoms with E-state index < -0.39 is 0 Å². The highest BCUT2D eigenvalue weighted by Gasteiger charge is 2.16. The predicted octanol–water partition coefficient (Wildman–Crippen LogP) is 5.57. The summed E-state index contributed by atoms with van der Waals surface area (Å²) in [6.07, 6.45) is 9.35. The Kier molecular flexibility index (Phi) is 7.04. The Morgan fingerprint density at radius 2 is 1.31 bits per heavy atom. The molecule has 0 aliphatic heterocycles. The lowest BCUT2D eigenvalue weighted by Gasteiger charge is -2.27. The van der Waals surface area contributed by atoms with E-state index in [2.05, 4.69) is 55.5 Å². The van der Waals surface area contributed by atoms with Crippen molar-refractivity contribution in [3.05, 3.63) is 98.1 Å². The minimum atomic E-state index is 0.769. The van der Waals surface area contributed by atoms with Gasteiger partial charge in [-0.3, -0.25) is 0 Å². The molecule has 0 saturated carbocycles. The molecular formula is C24H28N2. The summed E-state index contributed by atoms with van der Waals surface area (Å²) in [6, 6.07) is 12.4. The van der Waals surface area contributed by atoms with E-state index >= 15 is 0 Å². The van der Waals surface area contributed by atoms with Crippen LogP contribution in [0, 0.1) is 0 Å². The van der Waals surface area contributed by atoms with Crippen LogP contribution in [0.2, 0.25) is 0 Å². The van der Waals surface area contributed by atoms with Gasteiger partial charge in [-0.05, 0) is 53.3 Å². The third kappa shape index (κ3) is 4.34. The molecule has 0 heterocycles. The van der Waals surface area contributed by atoms with Crippen molar-refractivity contribution in [2.24, 2.45) is 0 Å². The van der Waals surface area contributed by atoms with E-state index in [1.807, 2.05) is 36.4 Å². The molecule has 0 spiro atoms. The summed E-state index contributed by atoms with van der Waals surface area (Å²) in [6.45, 7) is 17.2.